The third kappa shape index (κ3) is 4.00. The van der Waals surface area contributed by atoms with E-state index in [0.717, 1.165) is 0 Å². The second kappa shape index (κ2) is 8.69. The van der Waals surface area contributed by atoms with Gasteiger partial charge in [0, 0.05) is 0 Å². The summed E-state index contributed by atoms with van der Waals surface area (Å²) in [6, 6.07) is 6.89. The first-order valence-electron chi connectivity index (χ1n) is 9.16. The van der Waals surface area contributed by atoms with E-state index in [0.29, 0.717) is 34.2 Å². The molecule has 3 heterocycles. The number of nitrogens with zero attached hydrogens (tertiary/aromatic N) is 10. The Bertz CT molecular complexity index is 1420. The summed E-state index contributed by atoms with van der Waals surface area (Å²) in [5.41, 5.74) is 1.51. The van der Waals surface area contributed by atoms with Crippen molar-refractivity contribution in [1.82, 2.24) is 9.97 Å². The van der Waals surface area contributed by atoms with Gasteiger partial charge in [-0.2, -0.15) is 21.0 Å². The molecule has 148 valence electrons. The highest BCUT2D eigenvalue weighted by molar-refractivity contribution is 6.54. The minimum Gasteiger partial charge on any atom is -0.257 e. The molecule has 1 aromatic rings. The molecular formula is C21H14N10. The number of hydrogen-bond donors (Lipinski definition) is 0. The Labute approximate surface area is 177 Å². The van der Waals surface area contributed by atoms with E-state index in [1.54, 1.807) is 19.9 Å². The largest absolute Gasteiger partial charge is 0.257 e. The van der Waals surface area contributed by atoms with Gasteiger partial charge in [0.1, 0.15) is 35.7 Å². The van der Waals surface area contributed by atoms with Gasteiger partial charge in [-0.3, -0.25) is 9.98 Å². The molecule has 0 amide bonds. The van der Waals surface area contributed by atoms with Crippen molar-refractivity contribution in [2.75, 3.05) is 0 Å². The minimum absolute atomic E-state index is 0.0581. The lowest BCUT2D eigenvalue weighted by Crippen LogP contribution is -2.37. The van der Waals surface area contributed by atoms with Crippen LogP contribution in [0.1, 0.15) is 31.7 Å². The number of aromatic nitrogens is 2. The third-order valence-electron chi connectivity index (χ3n) is 4.45. The first-order valence-corrected chi connectivity index (χ1v) is 9.16. The highest BCUT2D eigenvalue weighted by Crippen LogP contribution is 2.17. The maximum absolute atomic E-state index is 9.52. The molecule has 2 aliphatic rings. The fourth-order valence-electron chi connectivity index (χ4n) is 2.91. The van der Waals surface area contributed by atoms with Gasteiger partial charge in [0.2, 0.25) is 0 Å². The molecule has 31 heavy (non-hydrogen) atoms. The summed E-state index contributed by atoms with van der Waals surface area (Å²) >= 11 is 0. The normalized spacial score (nSPS) is 24.5. The second-order valence-electron chi connectivity index (χ2n) is 6.42. The van der Waals surface area contributed by atoms with Crippen LogP contribution in [0.15, 0.2) is 31.9 Å². The van der Waals surface area contributed by atoms with Gasteiger partial charge in [0.05, 0.1) is 34.3 Å². The maximum Gasteiger partial charge on any atom is 0.177 e. The Balaban J connectivity index is 2.52. The summed E-state index contributed by atoms with van der Waals surface area (Å²) in [4.78, 5) is 26.2. The molecule has 1 atom stereocenters. The molecule has 0 aromatic carbocycles. The average molecular weight is 406 g/mol. The summed E-state index contributed by atoms with van der Waals surface area (Å²) in [6.07, 6.45) is 3.39. The quantitative estimate of drug-likeness (QED) is 0.659. The lowest BCUT2D eigenvalue weighted by molar-refractivity contribution is 0.933. The van der Waals surface area contributed by atoms with Gasteiger partial charge in [0.25, 0.3) is 0 Å². The van der Waals surface area contributed by atoms with Crippen molar-refractivity contribution in [3.8, 4) is 24.3 Å². The first kappa shape index (κ1) is 20.9. The molecule has 1 unspecified atom stereocenters. The van der Waals surface area contributed by atoms with Crippen LogP contribution in [0.3, 0.4) is 0 Å². The zero-order valence-electron chi connectivity index (χ0n) is 16.9. The van der Waals surface area contributed by atoms with Gasteiger partial charge in [-0.1, -0.05) is 6.92 Å². The van der Waals surface area contributed by atoms with Gasteiger partial charge < -0.3 is 0 Å². The van der Waals surface area contributed by atoms with E-state index < -0.39 is 6.04 Å². The smallest absolute Gasteiger partial charge is 0.177 e. The van der Waals surface area contributed by atoms with Crippen molar-refractivity contribution >= 4 is 34.6 Å². The molecule has 0 saturated heterocycles. The van der Waals surface area contributed by atoms with Crippen LogP contribution in [0, 0.1) is 52.2 Å². The van der Waals surface area contributed by atoms with Gasteiger partial charge in [0.15, 0.2) is 22.8 Å². The topological polar surface area (TPSA) is 170 Å². The third-order valence-corrected chi connectivity index (χ3v) is 4.45. The van der Waals surface area contributed by atoms with E-state index in [2.05, 4.69) is 29.9 Å². The fraction of sp³-hybridized carbons (Fsp3) is 0.238. The molecule has 0 spiro atoms. The number of aliphatic imine (C=N–C) groups is 4. The predicted molar refractivity (Wildman–Crippen MR) is 113 cm³/mol. The summed E-state index contributed by atoms with van der Waals surface area (Å²) in [6.45, 7) is 5.20. The standard InChI is InChI=1S/C21H14N10/c1-4-13-21-15(30-17(7-23)12(3)28-21)5-14-20(10-26-16(6-22)11(2)27-13)31-19(9-25)18(8-24)29-14/h5,10,14H,4H2,1-3H3/b15-5?,20-10-,21-13-,26-16-,27-11-. The first-order chi connectivity index (χ1) is 14.9. The highest BCUT2D eigenvalue weighted by atomic mass is 15.0. The van der Waals surface area contributed by atoms with Crippen molar-refractivity contribution < 1.29 is 0 Å². The van der Waals surface area contributed by atoms with E-state index >= 15 is 0 Å². The molecule has 10 heteroatoms. The van der Waals surface area contributed by atoms with Crippen LogP contribution in [-0.4, -0.2) is 38.9 Å². The van der Waals surface area contributed by atoms with Crippen LogP contribution >= 0.6 is 0 Å². The summed E-state index contributed by atoms with van der Waals surface area (Å²) < 4.78 is 0. The SMILES string of the molecule is CCC1=c2\nc(C)c(C#N)nc2=CC2N=C(C#N)C(C#N)=N\C2=C/N=C(C#N)\C(C)=N/1. The summed E-state index contributed by atoms with van der Waals surface area (Å²) in [7, 11) is 0. The van der Waals surface area contributed by atoms with Crippen molar-refractivity contribution in [2.24, 2.45) is 20.0 Å². The monoisotopic (exact) mass is 406 g/mol. The fourth-order valence-corrected chi connectivity index (χ4v) is 2.91. The number of nitriles is 4. The van der Waals surface area contributed by atoms with Crippen LogP contribution in [0.4, 0.5) is 0 Å². The van der Waals surface area contributed by atoms with Gasteiger partial charge in [-0.15, -0.1) is 0 Å². The van der Waals surface area contributed by atoms with Crippen molar-refractivity contribution in [2.45, 2.75) is 33.2 Å². The number of fused-ring (bicyclic) bond motifs is 2. The average Bonchev–Trinajstić information content (AvgIpc) is 2.80. The molecule has 0 radical (unpaired) electrons. The minimum atomic E-state index is -0.825. The van der Waals surface area contributed by atoms with Crippen LogP contribution in [0.5, 0.6) is 0 Å². The van der Waals surface area contributed by atoms with Gasteiger partial charge in [-0.25, -0.2) is 20.0 Å². The summed E-state index contributed by atoms with van der Waals surface area (Å²) in [5.74, 6) is 0. The number of hydrogen-bond acceptors (Lipinski definition) is 10. The summed E-state index contributed by atoms with van der Waals surface area (Å²) in [5, 5.41) is 38.3. The van der Waals surface area contributed by atoms with Gasteiger partial charge in [-0.05, 0) is 26.3 Å². The van der Waals surface area contributed by atoms with Crippen LogP contribution in [-0.2, 0) is 0 Å². The van der Waals surface area contributed by atoms with E-state index in [4.69, 9.17) is 0 Å². The molecule has 0 fully saturated rings. The van der Waals surface area contributed by atoms with E-state index in [1.165, 1.54) is 6.20 Å². The number of aryl methyl sites for hydroxylation is 1. The Kier molecular flexibility index (Phi) is 5.87. The van der Waals surface area contributed by atoms with Crippen LogP contribution in [0.2, 0.25) is 0 Å². The van der Waals surface area contributed by atoms with Crippen molar-refractivity contribution in [3.05, 3.63) is 34.0 Å². The van der Waals surface area contributed by atoms with Crippen molar-refractivity contribution in [3.63, 3.8) is 0 Å². The Morgan fingerprint density at radius 2 is 1.61 bits per heavy atom. The number of rotatable bonds is 1. The molecule has 0 N–H and O–H groups in total. The predicted octanol–water partition coefficient (Wildman–Crippen LogP) is 0.547. The molecule has 3 rings (SSSR count). The van der Waals surface area contributed by atoms with Crippen molar-refractivity contribution in [1.29, 1.82) is 21.0 Å². The molecule has 10 nitrogen and oxygen atoms in total. The molecule has 2 aliphatic heterocycles. The Morgan fingerprint density at radius 3 is 2.23 bits per heavy atom. The molecule has 0 saturated carbocycles. The Hall–Kier alpha value is -4.80. The van der Waals surface area contributed by atoms with E-state index in [9.17, 15) is 21.0 Å². The highest BCUT2D eigenvalue weighted by Gasteiger charge is 2.23. The molecular weight excluding hydrogens is 392 g/mol. The zero-order chi connectivity index (χ0) is 22.5. The van der Waals surface area contributed by atoms with Crippen LogP contribution < -0.4 is 10.7 Å². The zero-order valence-corrected chi connectivity index (χ0v) is 16.9. The van der Waals surface area contributed by atoms with E-state index in [-0.39, 0.29) is 28.5 Å². The molecule has 1 aromatic heterocycles. The second-order valence-corrected chi connectivity index (χ2v) is 6.42. The lowest BCUT2D eigenvalue weighted by Gasteiger charge is -2.14. The molecule has 0 bridgehead atoms. The van der Waals surface area contributed by atoms with Crippen LogP contribution in [0.25, 0.3) is 11.8 Å². The Morgan fingerprint density at radius 1 is 0.903 bits per heavy atom. The molecule has 0 aliphatic carbocycles. The van der Waals surface area contributed by atoms with E-state index in [1.807, 2.05) is 31.2 Å². The van der Waals surface area contributed by atoms with Gasteiger partial charge >= 0.3 is 0 Å². The maximum atomic E-state index is 9.52. The lowest BCUT2D eigenvalue weighted by atomic mass is 10.1.